The summed E-state index contributed by atoms with van der Waals surface area (Å²) in [5.74, 6) is -0.117. The summed E-state index contributed by atoms with van der Waals surface area (Å²) in [6.45, 7) is 5.41. The topological polar surface area (TPSA) is 63.7 Å². The van der Waals surface area contributed by atoms with E-state index in [1.54, 1.807) is 12.1 Å². The first kappa shape index (κ1) is 17.9. The highest BCUT2D eigenvalue weighted by Gasteiger charge is 2.29. The summed E-state index contributed by atoms with van der Waals surface area (Å²) >= 11 is 0. The Balaban J connectivity index is 1.92. The molecular formula is C17H25NO4S. The van der Waals surface area contributed by atoms with Crippen LogP contribution in [0.2, 0.25) is 0 Å². The van der Waals surface area contributed by atoms with Gasteiger partial charge in [-0.25, -0.2) is 8.42 Å². The highest BCUT2D eigenvalue weighted by Crippen LogP contribution is 2.22. The Hall–Kier alpha value is -1.40. The Morgan fingerprint density at radius 3 is 2.65 bits per heavy atom. The molecule has 1 saturated heterocycles. The molecule has 1 heterocycles. The molecule has 0 amide bonds. The number of esters is 1. The predicted octanol–water partition coefficient (Wildman–Crippen LogP) is 2.19. The highest BCUT2D eigenvalue weighted by molar-refractivity contribution is 7.91. The quantitative estimate of drug-likeness (QED) is 0.563. The molecule has 1 aliphatic heterocycles. The van der Waals surface area contributed by atoms with E-state index in [1.165, 1.54) is 6.92 Å². The molecule has 1 fully saturated rings. The number of carbonyl (C=O) groups excluding carboxylic acids is 1. The number of hydrogen-bond donors (Lipinski definition) is 0. The minimum Gasteiger partial charge on any atom is -0.466 e. The second-order valence-electron chi connectivity index (χ2n) is 6.12. The molecule has 1 atom stereocenters. The van der Waals surface area contributed by atoms with Crippen LogP contribution in [0.3, 0.4) is 0 Å². The van der Waals surface area contributed by atoms with E-state index in [4.69, 9.17) is 4.74 Å². The third kappa shape index (κ3) is 5.32. The molecule has 0 spiro atoms. The van der Waals surface area contributed by atoms with Gasteiger partial charge in [-0.15, -0.1) is 0 Å². The highest BCUT2D eigenvalue weighted by atomic mass is 32.2. The van der Waals surface area contributed by atoms with Gasteiger partial charge < -0.3 is 4.74 Å². The lowest BCUT2D eigenvalue weighted by Crippen LogP contribution is -2.36. The number of aryl methyl sites for hydroxylation is 1. The first-order chi connectivity index (χ1) is 10.9. The Morgan fingerprint density at radius 1 is 1.30 bits per heavy atom. The number of rotatable bonds is 7. The third-order valence-electron chi connectivity index (χ3n) is 4.19. The molecule has 5 nitrogen and oxygen atoms in total. The normalized spacial score (nSPS) is 19.0. The van der Waals surface area contributed by atoms with Crippen LogP contribution in [0.4, 0.5) is 0 Å². The summed E-state index contributed by atoms with van der Waals surface area (Å²) in [5.41, 5.74) is 1.05. The zero-order valence-electron chi connectivity index (χ0n) is 13.8. The lowest BCUT2D eigenvalue weighted by Gasteiger charge is -2.24. The van der Waals surface area contributed by atoms with Crippen molar-refractivity contribution in [3.8, 4) is 0 Å². The minimum absolute atomic E-state index is 0.0543. The van der Waals surface area contributed by atoms with Crippen molar-refractivity contribution in [3.63, 3.8) is 0 Å². The van der Waals surface area contributed by atoms with Gasteiger partial charge in [0, 0.05) is 19.5 Å². The molecular weight excluding hydrogens is 314 g/mol. The zero-order valence-corrected chi connectivity index (χ0v) is 14.6. The van der Waals surface area contributed by atoms with Crippen LogP contribution in [-0.4, -0.2) is 50.8 Å². The molecule has 0 aromatic heterocycles. The van der Waals surface area contributed by atoms with Gasteiger partial charge in [-0.05, 0) is 44.9 Å². The van der Waals surface area contributed by atoms with Crippen LogP contribution >= 0.6 is 0 Å². The van der Waals surface area contributed by atoms with Crippen molar-refractivity contribution < 1.29 is 17.9 Å². The lowest BCUT2D eigenvalue weighted by molar-refractivity contribution is -0.141. The van der Waals surface area contributed by atoms with E-state index >= 15 is 0 Å². The van der Waals surface area contributed by atoms with Gasteiger partial charge >= 0.3 is 5.97 Å². The van der Waals surface area contributed by atoms with Crippen molar-refractivity contribution in [2.45, 2.75) is 44.0 Å². The van der Waals surface area contributed by atoms with E-state index in [0.29, 0.717) is 11.5 Å². The van der Waals surface area contributed by atoms with Crippen molar-refractivity contribution in [2.24, 2.45) is 0 Å². The zero-order chi connectivity index (χ0) is 16.9. The number of nitrogens with zero attached hydrogens (tertiary/aromatic N) is 1. The smallest absolute Gasteiger partial charge is 0.302 e. The van der Waals surface area contributed by atoms with E-state index < -0.39 is 9.84 Å². The van der Waals surface area contributed by atoms with Crippen LogP contribution in [0.5, 0.6) is 0 Å². The molecule has 2 rings (SSSR count). The Bertz CT molecular complexity index is 624. The molecule has 0 bridgehead atoms. The van der Waals surface area contributed by atoms with E-state index in [0.717, 1.165) is 37.9 Å². The van der Waals surface area contributed by atoms with Gasteiger partial charge in [0.2, 0.25) is 0 Å². The molecule has 128 valence electrons. The van der Waals surface area contributed by atoms with Crippen molar-refractivity contribution in [1.29, 1.82) is 0 Å². The Labute approximate surface area is 138 Å². The third-order valence-corrected chi connectivity index (χ3v) is 6.00. The molecule has 1 aromatic rings. The van der Waals surface area contributed by atoms with Gasteiger partial charge in [0.05, 0.1) is 17.3 Å². The van der Waals surface area contributed by atoms with Gasteiger partial charge in [0.15, 0.2) is 9.84 Å². The molecule has 23 heavy (non-hydrogen) atoms. The molecule has 0 radical (unpaired) electrons. The van der Waals surface area contributed by atoms with E-state index in [-0.39, 0.29) is 17.8 Å². The van der Waals surface area contributed by atoms with Gasteiger partial charge in [0.1, 0.15) is 0 Å². The van der Waals surface area contributed by atoms with Gasteiger partial charge in [-0.2, -0.15) is 0 Å². The number of benzene rings is 1. The van der Waals surface area contributed by atoms with Crippen molar-refractivity contribution in [1.82, 2.24) is 4.90 Å². The predicted molar refractivity (Wildman–Crippen MR) is 89.1 cm³/mol. The molecule has 0 aliphatic carbocycles. The largest absolute Gasteiger partial charge is 0.466 e. The van der Waals surface area contributed by atoms with Crippen molar-refractivity contribution in [2.75, 3.05) is 25.4 Å². The van der Waals surface area contributed by atoms with Crippen LogP contribution < -0.4 is 0 Å². The molecule has 1 aromatic carbocycles. The Morgan fingerprint density at radius 2 is 2.00 bits per heavy atom. The van der Waals surface area contributed by atoms with Crippen LogP contribution in [0, 0.1) is 6.92 Å². The number of likely N-dealkylation sites (tertiary alicyclic amines) is 1. The second kappa shape index (κ2) is 7.93. The Kier molecular flexibility index (Phi) is 6.18. The van der Waals surface area contributed by atoms with E-state index in [2.05, 4.69) is 4.90 Å². The maximum absolute atomic E-state index is 12.6. The van der Waals surface area contributed by atoms with Gasteiger partial charge in [-0.1, -0.05) is 17.7 Å². The fourth-order valence-electron chi connectivity index (χ4n) is 2.96. The standard InChI is InChI=1S/C17H25NO4S/c1-14-6-8-17(9-7-14)23(20,21)13-16-5-3-10-18(16)11-4-12-22-15(2)19/h6-9,16H,3-5,10-13H2,1-2H3. The maximum Gasteiger partial charge on any atom is 0.302 e. The van der Waals surface area contributed by atoms with E-state index in [9.17, 15) is 13.2 Å². The molecule has 1 aliphatic rings. The summed E-state index contributed by atoms with van der Waals surface area (Å²) in [7, 11) is -3.26. The van der Waals surface area contributed by atoms with Gasteiger partial charge in [0.25, 0.3) is 0 Å². The number of sulfone groups is 1. The maximum atomic E-state index is 12.6. The summed E-state index contributed by atoms with van der Waals surface area (Å²) < 4.78 is 30.1. The molecule has 0 saturated carbocycles. The minimum atomic E-state index is -3.26. The summed E-state index contributed by atoms with van der Waals surface area (Å²) in [4.78, 5) is 13.4. The van der Waals surface area contributed by atoms with Crippen LogP contribution in [0.1, 0.15) is 31.7 Å². The molecule has 1 unspecified atom stereocenters. The second-order valence-corrected chi connectivity index (χ2v) is 8.15. The number of hydrogen-bond acceptors (Lipinski definition) is 5. The summed E-state index contributed by atoms with van der Waals surface area (Å²) in [5, 5.41) is 0. The summed E-state index contributed by atoms with van der Waals surface area (Å²) in [6, 6.07) is 7.09. The number of ether oxygens (including phenoxy) is 1. The average molecular weight is 339 g/mol. The van der Waals surface area contributed by atoms with Crippen molar-refractivity contribution >= 4 is 15.8 Å². The van der Waals surface area contributed by atoms with Gasteiger partial charge in [-0.3, -0.25) is 9.69 Å². The van der Waals surface area contributed by atoms with Crippen molar-refractivity contribution in [3.05, 3.63) is 29.8 Å². The van der Waals surface area contributed by atoms with E-state index in [1.807, 2.05) is 19.1 Å². The summed E-state index contributed by atoms with van der Waals surface area (Å²) in [6.07, 6.45) is 2.65. The average Bonchev–Trinajstić information content (AvgIpc) is 2.90. The first-order valence-electron chi connectivity index (χ1n) is 8.05. The fraction of sp³-hybridized carbons (Fsp3) is 0.588. The molecule has 0 N–H and O–H groups in total. The number of carbonyl (C=O) groups is 1. The monoisotopic (exact) mass is 339 g/mol. The van der Waals surface area contributed by atoms with Crippen LogP contribution in [0.15, 0.2) is 29.2 Å². The SMILES string of the molecule is CC(=O)OCCCN1CCCC1CS(=O)(=O)c1ccc(C)cc1. The van der Waals surface area contributed by atoms with Crippen LogP contribution in [-0.2, 0) is 19.4 Å². The fourth-order valence-corrected chi connectivity index (χ4v) is 4.58. The lowest BCUT2D eigenvalue weighted by atomic mass is 10.2. The van der Waals surface area contributed by atoms with Crippen LogP contribution in [0.25, 0.3) is 0 Å². The molecule has 6 heteroatoms. The first-order valence-corrected chi connectivity index (χ1v) is 9.70.